The van der Waals surface area contributed by atoms with E-state index in [9.17, 15) is 9.59 Å². The van der Waals surface area contributed by atoms with Crippen molar-refractivity contribution in [2.24, 2.45) is 0 Å². The van der Waals surface area contributed by atoms with Gasteiger partial charge in [-0.2, -0.15) is 0 Å². The zero-order valence-electron chi connectivity index (χ0n) is 23.0. The van der Waals surface area contributed by atoms with Crippen LogP contribution in [0.1, 0.15) is 63.6 Å². The molecule has 0 unspecified atom stereocenters. The Bertz CT molecular complexity index is 1750. The maximum absolute atomic E-state index is 14.3. The summed E-state index contributed by atoms with van der Waals surface area (Å²) in [6.45, 7) is 6.00. The molecule has 210 valence electrons. The minimum atomic E-state index is -0.458. The van der Waals surface area contributed by atoms with Gasteiger partial charge in [0.15, 0.2) is 5.69 Å². The van der Waals surface area contributed by atoms with E-state index in [0.717, 1.165) is 33.6 Å². The second-order valence-electron chi connectivity index (χ2n) is 10.4. The average Bonchev–Trinajstić information content (AvgIpc) is 3.48. The van der Waals surface area contributed by atoms with E-state index in [2.05, 4.69) is 9.88 Å². The zero-order chi connectivity index (χ0) is 29.2. The number of benzene rings is 3. The quantitative estimate of drug-likeness (QED) is 0.278. The van der Waals surface area contributed by atoms with Gasteiger partial charge in [0.05, 0.1) is 35.7 Å². The van der Waals surface area contributed by atoms with E-state index in [4.69, 9.17) is 38.0 Å². The molecule has 41 heavy (non-hydrogen) atoms. The number of methoxy groups -OCH3 is 1. The molecule has 2 N–H and O–H groups in total. The molecule has 0 saturated heterocycles. The number of fused-ring (bicyclic) bond motifs is 8. The van der Waals surface area contributed by atoms with Crippen molar-refractivity contribution < 1.29 is 19.4 Å². The highest BCUT2D eigenvalue weighted by Gasteiger charge is 2.49. The van der Waals surface area contributed by atoms with Crippen molar-refractivity contribution in [1.29, 1.82) is 0 Å². The molecule has 0 bridgehead atoms. The second kappa shape index (κ2) is 10.2. The van der Waals surface area contributed by atoms with Crippen LogP contribution in [0, 0.1) is 6.92 Å². The lowest BCUT2D eigenvalue weighted by molar-refractivity contribution is 0.0943. The van der Waals surface area contributed by atoms with Crippen molar-refractivity contribution in [2.75, 3.05) is 25.2 Å². The number of aliphatic hydroxyl groups is 1. The summed E-state index contributed by atoms with van der Waals surface area (Å²) in [4.78, 5) is 33.7. The number of anilines is 1. The number of carbonyl (C=O) groups is 2. The van der Waals surface area contributed by atoms with Crippen molar-refractivity contribution in [2.45, 2.75) is 32.9 Å². The molecule has 2 amide bonds. The van der Waals surface area contributed by atoms with Gasteiger partial charge in [-0.1, -0.05) is 35.3 Å². The first-order valence-corrected chi connectivity index (χ1v) is 14.1. The largest absolute Gasteiger partial charge is 0.496 e. The van der Waals surface area contributed by atoms with Crippen molar-refractivity contribution >= 4 is 40.7 Å². The number of aryl methyl sites for hydroxylation is 1. The Morgan fingerprint density at radius 1 is 1.12 bits per heavy atom. The van der Waals surface area contributed by atoms with Crippen molar-refractivity contribution in [3.63, 3.8) is 0 Å². The van der Waals surface area contributed by atoms with Crippen molar-refractivity contribution in [3.05, 3.63) is 86.7 Å². The number of nitrogens with one attached hydrogen (secondary N) is 1. The second-order valence-corrected chi connectivity index (χ2v) is 11.3. The highest BCUT2D eigenvalue weighted by atomic mass is 35.5. The maximum Gasteiger partial charge on any atom is 0.279 e. The van der Waals surface area contributed by atoms with E-state index in [-0.39, 0.29) is 31.0 Å². The number of nitrogens with zero attached hydrogens (tertiary/aromatic N) is 3. The number of aromatic nitrogens is 2. The Kier molecular flexibility index (Phi) is 6.80. The Hall–Kier alpha value is -3.85. The molecule has 2 aliphatic heterocycles. The predicted octanol–water partition coefficient (Wildman–Crippen LogP) is 6.21. The summed E-state index contributed by atoms with van der Waals surface area (Å²) in [5.74, 6) is 0.481. The minimum absolute atomic E-state index is 0.0943. The molecule has 10 heteroatoms. The fraction of sp³-hybridized carbons (Fsp3) is 0.258. The summed E-state index contributed by atoms with van der Waals surface area (Å²) >= 11 is 13.2. The van der Waals surface area contributed by atoms with E-state index in [1.165, 1.54) is 0 Å². The normalized spacial score (nSPS) is 15.0. The van der Waals surface area contributed by atoms with Crippen LogP contribution in [-0.4, -0.2) is 46.7 Å². The molecule has 8 nitrogen and oxygen atoms in total. The lowest BCUT2D eigenvalue weighted by Crippen LogP contribution is -2.34. The van der Waals surface area contributed by atoms with E-state index >= 15 is 0 Å². The smallest absolute Gasteiger partial charge is 0.279 e. The number of imidazole rings is 1. The maximum atomic E-state index is 14.3. The van der Waals surface area contributed by atoms with Crippen LogP contribution >= 0.6 is 23.2 Å². The number of rotatable bonds is 6. The Morgan fingerprint density at radius 2 is 1.90 bits per heavy atom. The molecule has 3 aromatic carbocycles. The standard InChI is InChI=1S/C31H28Cl2N4O4/c1-15(2)36-28-25(35-29(36)21-13-17(6-10-23(21)41-4)30(39)34-11-12-38)31(40)37-26-16(3)5-9-22(33)24(26)20-14-18(32)7-8-19(20)27(28)37/h5-10,13-15,27,38H,11-12H2,1-4H3,(H,34,39)/t27-/m0/s1. The van der Waals surface area contributed by atoms with Gasteiger partial charge in [-0.15, -0.1) is 0 Å². The van der Waals surface area contributed by atoms with Gasteiger partial charge >= 0.3 is 0 Å². The van der Waals surface area contributed by atoms with E-state index in [1.807, 2.05) is 51.1 Å². The first kappa shape index (κ1) is 27.3. The molecule has 0 aliphatic carbocycles. The zero-order valence-corrected chi connectivity index (χ0v) is 24.5. The van der Waals surface area contributed by atoms with Gasteiger partial charge in [-0.05, 0) is 73.9 Å². The van der Waals surface area contributed by atoms with Gasteiger partial charge in [0.1, 0.15) is 17.6 Å². The topological polar surface area (TPSA) is 96.7 Å². The highest BCUT2D eigenvalue weighted by molar-refractivity contribution is 6.35. The van der Waals surface area contributed by atoms with Crippen molar-refractivity contribution in [3.8, 4) is 28.3 Å². The summed E-state index contributed by atoms with van der Waals surface area (Å²) in [5, 5.41) is 12.9. The minimum Gasteiger partial charge on any atom is -0.496 e. The summed E-state index contributed by atoms with van der Waals surface area (Å²) in [5.41, 5.74) is 6.28. The lowest BCUT2D eigenvalue weighted by Gasteiger charge is -2.37. The van der Waals surface area contributed by atoms with Gasteiger partial charge in [-0.3, -0.25) is 14.5 Å². The molecule has 0 saturated carbocycles. The fourth-order valence-corrected chi connectivity index (χ4v) is 6.39. The highest BCUT2D eigenvalue weighted by Crippen LogP contribution is 2.56. The number of ether oxygens (including phenoxy) is 1. The third-order valence-corrected chi connectivity index (χ3v) is 8.20. The van der Waals surface area contributed by atoms with Gasteiger partial charge in [0.2, 0.25) is 0 Å². The molecule has 1 atom stereocenters. The predicted molar refractivity (Wildman–Crippen MR) is 159 cm³/mol. The number of aliphatic hydroxyl groups excluding tert-OH is 1. The van der Waals surface area contributed by atoms with E-state index in [1.54, 1.807) is 30.2 Å². The molecule has 0 fully saturated rings. The summed E-state index contributed by atoms with van der Waals surface area (Å²) in [6.07, 6.45) is 0. The molecular formula is C31H28Cl2N4O4. The van der Waals surface area contributed by atoms with Crippen LogP contribution in [-0.2, 0) is 0 Å². The average molecular weight is 591 g/mol. The summed E-state index contributed by atoms with van der Waals surface area (Å²) in [6, 6.07) is 13.9. The molecule has 1 aromatic heterocycles. The number of carbonyl (C=O) groups excluding carboxylic acids is 2. The van der Waals surface area contributed by atoms with Crippen molar-refractivity contribution in [1.82, 2.24) is 14.9 Å². The number of hydrogen-bond acceptors (Lipinski definition) is 5. The van der Waals surface area contributed by atoms with Crippen LogP contribution in [0.2, 0.25) is 10.0 Å². The third kappa shape index (κ3) is 4.12. The van der Waals surface area contributed by atoms with Crippen LogP contribution in [0.3, 0.4) is 0 Å². The van der Waals surface area contributed by atoms with Gasteiger partial charge in [0, 0.05) is 28.7 Å². The summed E-state index contributed by atoms with van der Waals surface area (Å²) in [7, 11) is 1.55. The third-order valence-electron chi connectivity index (χ3n) is 7.65. The SMILES string of the molecule is COc1ccc(C(=O)NCCO)cc1-c1nc2c(n1C(C)C)[C@@H]1c3ccc(Cl)cc3-c3c(Cl)ccc(C)c3N1C2=O. The molecule has 6 rings (SSSR count). The van der Waals surface area contributed by atoms with Gasteiger partial charge in [0.25, 0.3) is 11.8 Å². The van der Waals surface area contributed by atoms with Gasteiger partial charge < -0.3 is 19.7 Å². The Balaban J connectivity index is 1.61. The lowest BCUT2D eigenvalue weighted by atomic mass is 9.86. The molecular weight excluding hydrogens is 563 g/mol. The number of halogens is 2. The molecule has 2 aliphatic rings. The Labute approximate surface area is 247 Å². The monoisotopic (exact) mass is 590 g/mol. The van der Waals surface area contributed by atoms with Gasteiger partial charge in [-0.25, -0.2) is 4.98 Å². The molecule has 0 radical (unpaired) electrons. The van der Waals surface area contributed by atoms with Crippen LogP contribution in [0.4, 0.5) is 5.69 Å². The van der Waals surface area contributed by atoms with Crippen LogP contribution in [0.15, 0.2) is 48.5 Å². The number of hydrogen-bond donors (Lipinski definition) is 2. The molecule has 3 heterocycles. The molecule has 0 spiro atoms. The van der Waals surface area contributed by atoms with Crippen LogP contribution in [0.25, 0.3) is 22.5 Å². The van der Waals surface area contributed by atoms with E-state index < -0.39 is 6.04 Å². The molecule has 4 aromatic rings. The summed E-state index contributed by atoms with van der Waals surface area (Å²) < 4.78 is 7.73. The fourth-order valence-electron chi connectivity index (χ4n) is 5.96. The first-order valence-electron chi connectivity index (χ1n) is 13.3. The van der Waals surface area contributed by atoms with Crippen LogP contribution < -0.4 is 15.0 Å². The van der Waals surface area contributed by atoms with Crippen LogP contribution in [0.5, 0.6) is 5.75 Å². The number of amides is 2. The Morgan fingerprint density at radius 3 is 2.61 bits per heavy atom. The van der Waals surface area contributed by atoms with E-state index in [0.29, 0.717) is 38.4 Å². The first-order chi connectivity index (χ1) is 19.7.